The second-order valence-corrected chi connectivity index (χ2v) is 9.47. The average Bonchev–Trinajstić information content (AvgIpc) is 3.59. The first kappa shape index (κ1) is 22.2. The van der Waals surface area contributed by atoms with Gasteiger partial charge in [-0.1, -0.05) is 0 Å². The van der Waals surface area contributed by atoms with Gasteiger partial charge >= 0.3 is 5.97 Å². The van der Waals surface area contributed by atoms with Crippen LogP contribution in [0.4, 0.5) is 8.78 Å². The van der Waals surface area contributed by atoms with Gasteiger partial charge < -0.3 is 19.1 Å². The molecule has 4 aromatic rings. The maximum Gasteiger partial charge on any atom is 0.332 e. The van der Waals surface area contributed by atoms with Gasteiger partial charge in [0.2, 0.25) is 0 Å². The Morgan fingerprint density at radius 1 is 1.20 bits per heavy atom. The van der Waals surface area contributed by atoms with Gasteiger partial charge in [0.25, 0.3) is 0 Å². The monoisotopic (exact) mass is 481 g/mol. The van der Waals surface area contributed by atoms with Crippen molar-refractivity contribution in [2.24, 2.45) is 0 Å². The number of carboxylic acids is 1. The van der Waals surface area contributed by atoms with Crippen LogP contribution in [0.25, 0.3) is 27.5 Å². The molecule has 2 N–H and O–H groups in total. The molecule has 0 saturated carbocycles. The van der Waals surface area contributed by atoms with Crippen molar-refractivity contribution in [1.82, 2.24) is 14.8 Å². The Balaban J connectivity index is 1.70. The van der Waals surface area contributed by atoms with Crippen molar-refractivity contribution in [3.63, 3.8) is 0 Å². The van der Waals surface area contributed by atoms with Crippen LogP contribution in [0, 0.1) is 18.6 Å². The summed E-state index contributed by atoms with van der Waals surface area (Å²) >= 11 is 0. The minimum atomic E-state index is -1.02. The molecule has 4 heterocycles. The Bertz CT molecular complexity index is 1450. The highest BCUT2D eigenvalue weighted by molar-refractivity contribution is 6.00. The van der Waals surface area contributed by atoms with Crippen LogP contribution in [0.3, 0.4) is 0 Å². The molecule has 6 rings (SSSR count). The number of nitrogens with one attached hydrogen (secondary N) is 1. The summed E-state index contributed by atoms with van der Waals surface area (Å²) in [4.78, 5) is 11.7. The molecule has 2 fully saturated rings. The zero-order valence-electron chi connectivity index (χ0n) is 19.2. The lowest BCUT2D eigenvalue weighted by Crippen LogP contribution is -2.20. The van der Waals surface area contributed by atoms with Crippen LogP contribution in [-0.4, -0.2) is 51.8 Å². The van der Waals surface area contributed by atoms with E-state index < -0.39 is 17.9 Å². The summed E-state index contributed by atoms with van der Waals surface area (Å²) < 4.78 is 43.6. The third-order valence-electron chi connectivity index (χ3n) is 7.37. The van der Waals surface area contributed by atoms with Crippen molar-refractivity contribution in [2.45, 2.75) is 44.1 Å². The third-order valence-corrected chi connectivity index (χ3v) is 7.37. The largest absolute Gasteiger partial charge is 0.479 e. The molecule has 0 amide bonds. The lowest BCUT2D eigenvalue weighted by atomic mass is 9.86. The molecule has 2 atom stereocenters. The van der Waals surface area contributed by atoms with Gasteiger partial charge in [0, 0.05) is 47.2 Å². The average molecular weight is 481 g/mol. The summed E-state index contributed by atoms with van der Waals surface area (Å²) in [6.45, 7) is 3.06. The molecular formula is C26H25F2N3O4. The van der Waals surface area contributed by atoms with E-state index in [4.69, 9.17) is 9.47 Å². The predicted octanol–water partition coefficient (Wildman–Crippen LogP) is 4.94. The Kier molecular flexibility index (Phi) is 5.34. The van der Waals surface area contributed by atoms with E-state index >= 15 is 4.39 Å². The first-order valence-corrected chi connectivity index (χ1v) is 11.8. The van der Waals surface area contributed by atoms with Crippen molar-refractivity contribution in [2.75, 3.05) is 19.8 Å². The number of carbonyl (C=O) groups is 1. The van der Waals surface area contributed by atoms with Crippen molar-refractivity contribution < 1.29 is 28.2 Å². The molecule has 0 bridgehead atoms. The molecule has 182 valence electrons. The number of hydrogen-bond acceptors (Lipinski definition) is 4. The number of nitrogens with zero attached hydrogens (tertiary/aromatic N) is 2. The van der Waals surface area contributed by atoms with Crippen LogP contribution >= 0.6 is 0 Å². The molecule has 0 radical (unpaired) electrons. The van der Waals surface area contributed by atoms with Gasteiger partial charge in [-0.3, -0.25) is 5.10 Å². The maximum absolute atomic E-state index is 16.2. The fraction of sp³-hybridized carbons (Fsp3) is 0.385. The fourth-order valence-electron chi connectivity index (χ4n) is 5.68. The molecule has 2 saturated heterocycles. The summed E-state index contributed by atoms with van der Waals surface area (Å²) in [5, 5.41) is 17.4. The van der Waals surface area contributed by atoms with Gasteiger partial charge in [0.15, 0.2) is 11.9 Å². The molecule has 35 heavy (non-hydrogen) atoms. The predicted molar refractivity (Wildman–Crippen MR) is 125 cm³/mol. The normalized spacial score (nSPS) is 21.3. The minimum Gasteiger partial charge on any atom is -0.479 e. The number of carboxylic acid groups (broad SMARTS) is 1. The molecule has 7 nitrogen and oxygen atoms in total. The SMILES string of the molecule is Cc1cc(-n2c(C3CCOCC3)c([C@H]3CO[C@H](C(=O)O)C3)c3c(F)c4[nH]ncc4cc32)ccc1F. The van der Waals surface area contributed by atoms with Crippen LogP contribution in [-0.2, 0) is 14.3 Å². The van der Waals surface area contributed by atoms with Gasteiger partial charge in [-0.25, -0.2) is 13.6 Å². The molecule has 2 aliphatic rings. The Labute approximate surface area is 199 Å². The van der Waals surface area contributed by atoms with E-state index in [1.165, 1.54) is 6.07 Å². The second-order valence-electron chi connectivity index (χ2n) is 9.47. The molecule has 2 aromatic carbocycles. The highest BCUT2D eigenvalue weighted by atomic mass is 19.1. The highest BCUT2D eigenvalue weighted by Crippen LogP contribution is 2.46. The first-order valence-electron chi connectivity index (χ1n) is 11.8. The first-order chi connectivity index (χ1) is 16.9. The number of halogens is 2. The van der Waals surface area contributed by atoms with Crippen molar-refractivity contribution in [1.29, 1.82) is 0 Å². The van der Waals surface area contributed by atoms with Crippen LogP contribution < -0.4 is 0 Å². The molecular weight excluding hydrogens is 456 g/mol. The maximum atomic E-state index is 16.2. The van der Waals surface area contributed by atoms with Crippen molar-refractivity contribution >= 4 is 27.8 Å². The van der Waals surface area contributed by atoms with E-state index in [-0.39, 0.29) is 30.7 Å². The van der Waals surface area contributed by atoms with E-state index in [9.17, 15) is 14.3 Å². The van der Waals surface area contributed by atoms with Gasteiger partial charge in [-0.05, 0) is 61.6 Å². The number of fused-ring (bicyclic) bond motifs is 2. The number of ether oxygens (including phenoxy) is 2. The smallest absolute Gasteiger partial charge is 0.332 e. The Morgan fingerprint density at radius 2 is 2.00 bits per heavy atom. The van der Waals surface area contributed by atoms with Gasteiger partial charge in [-0.15, -0.1) is 0 Å². The third kappa shape index (κ3) is 3.52. The zero-order valence-corrected chi connectivity index (χ0v) is 19.2. The second kappa shape index (κ2) is 8.42. The fourth-order valence-corrected chi connectivity index (χ4v) is 5.68. The number of aromatic amines is 1. The van der Waals surface area contributed by atoms with Crippen LogP contribution in [0.1, 0.15) is 47.9 Å². The van der Waals surface area contributed by atoms with Crippen molar-refractivity contribution in [3.05, 3.63) is 58.9 Å². The topological polar surface area (TPSA) is 89.4 Å². The summed E-state index contributed by atoms with van der Waals surface area (Å²) in [5.74, 6) is -1.98. The standard InChI is InChI=1S/C26H25F2N3O4/c1-13-8-17(2-3-18(13)27)31-19-9-15-11-29-30-24(15)23(28)22(19)21(16-10-20(26(32)33)35-12-16)25(31)14-4-6-34-7-5-14/h2-3,8-9,11,14,16,20H,4-7,10,12H2,1H3,(H,29,30)(H,32,33)/t16-,20+/m1/s1. The summed E-state index contributed by atoms with van der Waals surface area (Å²) in [6, 6.07) is 6.80. The number of aryl methyl sites for hydroxylation is 1. The van der Waals surface area contributed by atoms with Gasteiger partial charge in [0.05, 0.1) is 18.3 Å². The minimum absolute atomic E-state index is 0.0660. The zero-order chi connectivity index (χ0) is 24.3. The summed E-state index contributed by atoms with van der Waals surface area (Å²) in [7, 11) is 0. The molecule has 2 aromatic heterocycles. The van der Waals surface area contributed by atoms with E-state index in [2.05, 4.69) is 10.2 Å². The number of aromatic nitrogens is 3. The number of hydrogen-bond donors (Lipinski definition) is 2. The molecule has 0 aliphatic carbocycles. The van der Waals surface area contributed by atoms with Gasteiger partial charge in [0.1, 0.15) is 11.3 Å². The quantitative estimate of drug-likeness (QED) is 0.431. The Hall–Kier alpha value is -3.30. The van der Waals surface area contributed by atoms with Crippen LogP contribution in [0.2, 0.25) is 0 Å². The van der Waals surface area contributed by atoms with E-state index in [1.54, 1.807) is 25.3 Å². The number of rotatable bonds is 4. The summed E-state index contributed by atoms with van der Waals surface area (Å²) in [5.41, 5.74) is 3.87. The van der Waals surface area contributed by atoms with Crippen LogP contribution in [0.5, 0.6) is 0 Å². The lowest BCUT2D eigenvalue weighted by molar-refractivity contribution is -0.147. The van der Waals surface area contributed by atoms with E-state index in [0.717, 1.165) is 29.8 Å². The lowest BCUT2D eigenvalue weighted by Gasteiger charge is -2.27. The molecule has 0 unspecified atom stereocenters. The molecule has 9 heteroatoms. The number of H-pyrrole nitrogens is 1. The van der Waals surface area contributed by atoms with Crippen LogP contribution in [0.15, 0.2) is 30.5 Å². The number of benzene rings is 2. The van der Waals surface area contributed by atoms with E-state index in [0.29, 0.717) is 40.6 Å². The van der Waals surface area contributed by atoms with Crippen molar-refractivity contribution in [3.8, 4) is 5.69 Å². The summed E-state index contributed by atoms with van der Waals surface area (Å²) in [6.07, 6.45) is 2.40. The highest BCUT2D eigenvalue weighted by Gasteiger charge is 2.38. The van der Waals surface area contributed by atoms with E-state index in [1.807, 2.05) is 10.6 Å². The molecule has 0 spiro atoms. The molecule has 2 aliphatic heterocycles. The van der Waals surface area contributed by atoms with Gasteiger partial charge in [-0.2, -0.15) is 5.10 Å². The number of aliphatic carboxylic acids is 1. The Morgan fingerprint density at radius 3 is 2.71 bits per heavy atom.